The molecular weight excluding hydrogens is 461 g/mol. The molecule has 3 aliphatic carbocycles. The fourth-order valence-corrected chi connectivity index (χ4v) is 6.81. The van der Waals surface area contributed by atoms with Crippen LogP contribution < -0.4 is 4.74 Å². The maximum absolute atomic E-state index is 13.7. The van der Waals surface area contributed by atoms with Crippen LogP contribution in [0.3, 0.4) is 0 Å². The second kappa shape index (κ2) is 8.45. The van der Waals surface area contributed by atoms with Crippen molar-refractivity contribution in [3.8, 4) is 5.75 Å². The van der Waals surface area contributed by atoms with Crippen LogP contribution in [0.1, 0.15) is 61.9 Å². The zero-order valence-electron chi connectivity index (χ0n) is 18.6. The fourth-order valence-electron chi connectivity index (χ4n) is 6.52. The van der Waals surface area contributed by atoms with E-state index in [1.54, 1.807) is 0 Å². The SMILES string of the molecule is CC(C)(Oc1cc(C(=O)OCCS(=O)(=O)O)ccc1C(F)(F)F)C1CC2CC1C1CCCC21. The Morgan fingerprint density at radius 1 is 1.12 bits per heavy atom. The zero-order valence-corrected chi connectivity index (χ0v) is 19.4. The van der Waals surface area contributed by atoms with Crippen LogP contribution in [0.15, 0.2) is 18.2 Å². The molecule has 6 nitrogen and oxygen atoms in total. The summed E-state index contributed by atoms with van der Waals surface area (Å²) in [4.78, 5) is 12.3. The lowest BCUT2D eigenvalue weighted by atomic mass is 9.70. The van der Waals surface area contributed by atoms with Crippen LogP contribution in [0.2, 0.25) is 0 Å². The smallest absolute Gasteiger partial charge is 0.419 e. The van der Waals surface area contributed by atoms with Crippen molar-refractivity contribution in [2.75, 3.05) is 12.4 Å². The van der Waals surface area contributed by atoms with Crippen molar-refractivity contribution < 1.29 is 40.4 Å². The van der Waals surface area contributed by atoms with Gasteiger partial charge in [-0.05, 0) is 81.4 Å². The molecular formula is C23H29F3O6S. The molecule has 3 saturated carbocycles. The van der Waals surface area contributed by atoms with Gasteiger partial charge in [0.15, 0.2) is 0 Å². The molecule has 1 aromatic carbocycles. The molecule has 0 aliphatic heterocycles. The Bertz CT molecular complexity index is 1020. The zero-order chi connectivity index (χ0) is 24.2. The number of hydrogen-bond donors (Lipinski definition) is 1. The summed E-state index contributed by atoms with van der Waals surface area (Å²) in [7, 11) is -4.33. The summed E-state index contributed by atoms with van der Waals surface area (Å²) in [6, 6.07) is 2.75. The quantitative estimate of drug-likeness (QED) is 0.428. The first-order chi connectivity index (χ1) is 15.3. The van der Waals surface area contributed by atoms with Gasteiger partial charge in [0, 0.05) is 5.92 Å². The van der Waals surface area contributed by atoms with Crippen LogP contribution in [0, 0.1) is 29.6 Å². The summed E-state index contributed by atoms with van der Waals surface area (Å²) in [5.41, 5.74) is -2.03. The van der Waals surface area contributed by atoms with Gasteiger partial charge in [-0.1, -0.05) is 6.42 Å². The van der Waals surface area contributed by atoms with Gasteiger partial charge in [-0.3, -0.25) is 4.55 Å². The van der Waals surface area contributed by atoms with Crippen molar-refractivity contribution >= 4 is 16.1 Å². The van der Waals surface area contributed by atoms with Crippen LogP contribution in [0.4, 0.5) is 13.2 Å². The molecule has 0 amide bonds. The van der Waals surface area contributed by atoms with Crippen LogP contribution in [-0.2, 0) is 21.0 Å². The molecule has 3 aliphatic rings. The number of benzene rings is 1. The molecule has 1 N–H and O–H groups in total. The van der Waals surface area contributed by atoms with Crippen molar-refractivity contribution in [3.05, 3.63) is 29.3 Å². The minimum absolute atomic E-state index is 0.133. The molecule has 0 saturated heterocycles. The van der Waals surface area contributed by atoms with Gasteiger partial charge in [-0.25, -0.2) is 4.79 Å². The summed E-state index contributed by atoms with van der Waals surface area (Å²) >= 11 is 0. The van der Waals surface area contributed by atoms with Gasteiger partial charge >= 0.3 is 12.1 Å². The summed E-state index contributed by atoms with van der Waals surface area (Å²) in [5.74, 6) is 0.320. The van der Waals surface area contributed by atoms with E-state index in [-0.39, 0.29) is 11.5 Å². The van der Waals surface area contributed by atoms with Crippen LogP contribution >= 0.6 is 0 Å². The standard InChI is InChI=1S/C23H29F3O6S/c1-22(2,19-11-14-10-17(19)16-5-3-4-15(14)16)32-20-12-13(6-7-18(20)23(24,25)26)21(27)31-8-9-33(28,29)30/h6-7,12,14-17,19H,3-5,8-11H2,1-2H3,(H,28,29,30). The Morgan fingerprint density at radius 2 is 1.82 bits per heavy atom. The highest BCUT2D eigenvalue weighted by atomic mass is 32.2. The van der Waals surface area contributed by atoms with E-state index >= 15 is 0 Å². The molecule has 184 valence electrons. The van der Waals surface area contributed by atoms with Crippen molar-refractivity contribution in [2.24, 2.45) is 29.6 Å². The van der Waals surface area contributed by atoms with Gasteiger partial charge in [-0.2, -0.15) is 21.6 Å². The third-order valence-electron chi connectivity index (χ3n) is 7.79. The van der Waals surface area contributed by atoms with Crippen molar-refractivity contribution in [2.45, 2.75) is 57.7 Å². The van der Waals surface area contributed by atoms with Crippen LogP contribution in [0.5, 0.6) is 5.75 Å². The summed E-state index contributed by atoms with van der Waals surface area (Å²) in [6.45, 7) is 3.02. The maximum atomic E-state index is 13.7. The average Bonchev–Trinajstić information content (AvgIpc) is 3.39. The molecule has 5 unspecified atom stereocenters. The lowest BCUT2D eigenvalue weighted by Crippen LogP contribution is -2.43. The first-order valence-corrected chi connectivity index (χ1v) is 12.9. The van der Waals surface area contributed by atoms with Gasteiger partial charge in [0.25, 0.3) is 10.1 Å². The highest BCUT2D eigenvalue weighted by Gasteiger charge is 2.58. The van der Waals surface area contributed by atoms with Gasteiger partial charge in [0.05, 0.1) is 11.1 Å². The van der Waals surface area contributed by atoms with Gasteiger partial charge in [0.2, 0.25) is 0 Å². The topological polar surface area (TPSA) is 89.9 Å². The first kappa shape index (κ1) is 24.3. The number of rotatable bonds is 7. The van der Waals surface area contributed by atoms with E-state index in [0.717, 1.165) is 37.0 Å². The number of carbonyl (C=O) groups is 1. The number of fused-ring (bicyclic) bond motifs is 5. The lowest BCUT2D eigenvalue weighted by molar-refractivity contribution is -0.140. The molecule has 3 fully saturated rings. The number of esters is 1. The fraction of sp³-hybridized carbons (Fsp3) is 0.696. The third-order valence-corrected chi connectivity index (χ3v) is 8.47. The average molecular weight is 491 g/mol. The summed E-state index contributed by atoms with van der Waals surface area (Å²) in [5, 5.41) is 0. The number of hydrogen-bond acceptors (Lipinski definition) is 5. The Morgan fingerprint density at radius 3 is 2.48 bits per heavy atom. The molecule has 5 atom stereocenters. The summed E-state index contributed by atoms with van der Waals surface area (Å²) in [6.07, 6.45) is 1.02. The van der Waals surface area contributed by atoms with E-state index in [2.05, 4.69) is 0 Å². The van der Waals surface area contributed by atoms with Gasteiger partial charge in [-0.15, -0.1) is 0 Å². The van der Waals surface area contributed by atoms with Gasteiger partial charge < -0.3 is 9.47 Å². The van der Waals surface area contributed by atoms with E-state index in [4.69, 9.17) is 14.0 Å². The number of alkyl halides is 3. The largest absolute Gasteiger partial charge is 0.487 e. The second-order valence-corrected chi connectivity index (χ2v) is 11.7. The van der Waals surface area contributed by atoms with E-state index in [1.165, 1.54) is 19.3 Å². The third kappa shape index (κ3) is 5.01. The maximum Gasteiger partial charge on any atom is 0.419 e. The molecule has 1 aromatic rings. The van der Waals surface area contributed by atoms with Crippen molar-refractivity contribution in [1.82, 2.24) is 0 Å². The minimum Gasteiger partial charge on any atom is -0.487 e. The molecule has 33 heavy (non-hydrogen) atoms. The highest BCUT2D eigenvalue weighted by Crippen LogP contribution is 2.63. The van der Waals surface area contributed by atoms with Crippen molar-refractivity contribution in [1.29, 1.82) is 0 Å². The summed E-state index contributed by atoms with van der Waals surface area (Å²) < 4.78 is 82.2. The molecule has 0 spiro atoms. The number of ether oxygens (including phenoxy) is 2. The monoisotopic (exact) mass is 490 g/mol. The number of carbonyl (C=O) groups excluding carboxylic acids is 1. The van der Waals surface area contributed by atoms with Crippen molar-refractivity contribution in [3.63, 3.8) is 0 Å². The molecule has 0 radical (unpaired) electrons. The Kier molecular flexibility index (Phi) is 6.22. The number of halogens is 3. The molecule has 0 aromatic heterocycles. The Hall–Kier alpha value is -1.81. The lowest BCUT2D eigenvalue weighted by Gasteiger charge is -2.42. The predicted molar refractivity (Wildman–Crippen MR) is 113 cm³/mol. The van der Waals surface area contributed by atoms with Crippen LogP contribution in [0.25, 0.3) is 0 Å². The second-order valence-electron chi connectivity index (χ2n) is 10.1. The Balaban J connectivity index is 1.55. The normalized spacial score (nSPS) is 29.2. The van der Waals surface area contributed by atoms with Crippen LogP contribution in [-0.4, -0.2) is 36.9 Å². The van der Waals surface area contributed by atoms with E-state index in [1.807, 2.05) is 13.8 Å². The highest BCUT2D eigenvalue weighted by molar-refractivity contribution is 7.85. The molecule has 10 heteroatoms. The predicted octanol–water partition coefficient (Wildman–Crippen LogP) is 4.98. The molecule has 4 rings (SSSR count). The minimum atomic E-state index is -4.68. The molecule has 2 bridgehead atoms. The first-order valence-electron chi connectivity index (χ1n) is 11.3. The Labute approximate surface area is 191 Å². The van der Waals surface area contributed by atoms with Gasteiger partial charge in [0.1, 0.15) is 23.7 Å². The molecule has 0 heterocycles. The van der Waals surface area contributed by atoms with E-state index in [9.17, 15) is 26.4 Å². The van der Waals surface area contributed by atoms with E-state index < -0.39 is 51.5 Å². The van der Waals surface area contributed by atoms with E-state index in [0.29, 0.717) is 17.8 Å².